The molecule has 1 aromatic rings. The number of nitrogens with two attached hydrogens (primary N) is 1. The van der Waals surface area contributed by atoms with Gasteiger partial charge in [-0.15, -0.1) is 0 Å². The molecular formula is C16H21ClN4O6. The fourth-order valence-corrected chi connectivity index (χ4v) is 3.00. The number of carboxylic acids is 1. The molecule has 27 heavy (non-hydrogen) atoms. The number of ether oxygens (including phenoxy) is 1. The van der Waals surface area contributed by atoms with E-state index in [1.165, 1.54) is 6.07 Å². The Morgan fingerprint density at radius 2 is 2.00 bits per heavy atom. The molecule has 1 heterocycles. The number of hydrogen-bond donors (Lipinski definition) is 2. The molecule has 1 fully saturated rings. The van der Waals surface area contributed by atoms with Crippen LogP contribution in [0.1, 0.15) is 20.8 Å². The Kier molecular flexibility index (Phi) is 5.69. The molecule has 148 valence electrons. The molecule has 1 aliphatic rings. The number of rotatable bonds is 3. The van der Waals surface area contributed by atoms with Crippen molar-refractivity contribution in [2.45, 2.75) is 32.4 Å². The van der Waals surface area contributed by atoms with Gasteiger partial charge in [-0.05, 0) is 26.8 Å². The highest BCUT2D eigenvalue weighted by atomic mass is 35.5. The smallest absolute Gasteiger partial charge is 0.411 e. The largest absolute Gasteiger partial charge is 0.480 e. The number of nitro groups is 1. The van der Waals surface area contributed by atoms with Crippen LogP contribution in [-0.4, -0.2) is 58.3 Å². The van der Waals surface area contributed by atoms with E-state index in [4.69, 9.17) is 22.1 Å². The Bertz CT molecular complexity index is 779. The van der Waals surface area contributed by atoms with E-state index in [0.29, 0.717) is 5.69 Å². The lowest BCUT2D eigenvalue weighted by Gasteiger charge is -2.40. The first-order chi connectivity index (χ1) is 12.4. The molecule has 1 aliphatic heterocycles. The molecule has 0 aliphatic carbocycles. The third-order valence-corrected chi connectivity index (χ3v) is 4.23. The zero-order valence-electron chi connectivity index (χ0n) is 15.1. The molecule has 1 unspecified atom stereocenters. The number of amides is 1. The summed E-state index contributed by atoms with van der Waals surface area (Å²) >= 11 is 6.14. The van der Waals surface area contributed by atoms with Crippen molar-refractivity contribution in [3.8, 4) is 0 Å². The number of carbonyl (C=O) groups excluding carboxylic acids is 1. The molecule has 3 N–H and O–H groups in total. The van der Waals surface area contributed by atoms with Gasteiger partial charge in [-0.1, -0.05) is 11.6 Å². The summed E-state index contributed by atoms with van der Waals surface area (Å²) in [7, 11) is 0. The van der Waals surface area contributed by atoms with Gasteiger partial charge in [-0.25, -0.2) is 9.59 Å². The minimum absolute atomic E-state index is 0.0639. The number of nitrogens with zero attached hydrogens (tertiary/aromatic N) is 3. The second-order valence-corrected chi connectivity index (χ2v) is 7.50. The molecule has 1 aromatic carbocycles. The number of nitro benzene ring substituents is 1. The van der Waals surface area contributed by atoms with Gasteiger partial charge in [-0.3, -0.25) is 15.0 Å². The summed E-state index contributed by atoms with van der Waals surface area (Å²) in [6.07, 6.45) is -0.719. The fourth-order valence-electron chi connectivity index (χ4n) is 2.72. The first-order valence-electron chi connectivity index (χ1n) is 8.11. The number of carboxylic acid groups (broad SMARTS) is 1. The predicted octanol–water partition coefficient (Wildman–Crippen LogP) is 2.34. The zero-order valence-corrected chi connectivity index (χ0v) is 15.9. The fraction of sp³-hybridized carbons (Fsp3) is 0.500. The normalized spacial score (nSPS) is 17.6. The standard InChI is InChI=1S/C16H21ClN4O6/c1-16(2,3)27-15(24)20-5-4-19(8-13(20)14(22)23)11-7-10(18)12(21(25)26)6-9(11)17/h6-7,13H,4-5,8,18H2,1-3H3,(H,22,23). The topological polar surface area (TPSA) is 139 Å². The molecule has 0 aromatic heterocycles. The molecule has 1 atom stereocenters. The Morgan fingerprint density at radius 1 is 1.37 bits per heavy atom. The maximum Gasteiger partial charge on any atom is 0.411 e. The van der Waals surface area contributed by atoms with Crippen molar-refractivity contribution in [2.75, 3.05) is 30.3 Å². The molecular weight excluding hydrogens is 380 g/mol. The second kappa shape index (κ2) is 7.47. The van der Waals surface area contributed by atoms with Crippen molar-refractivity contribution in [1.29, 1.82) is 0 Å². The van der Waals surface area contributed by atoms with Crippen LogP contribution in [0.2, 0.25) is 5.02 Å². The van der Waals surface area contributed by atoms with Gasteiger partial charge in [0.2, 0.25) is 0 Å². The maximum absolute atomic E-state index is 12.3. The van der Waals surface area contributed by atoms with E-state index >= 15 is 0 Å². The summed E-state index contributed by atoms with van der Waals surface area (Å²) in [6.45, 7) is 5.35. The minimum Gasteiger partial charge on any atom is -0.480 e. The summed E-state index contributed by atoms with van der Waals surface area (Å²) in [5.74, 6) is -1.20. The van der Waals surface area contributed by atoms with Gasteiger partial charge in [0.25, 0.3) is 5.69 Å². The van der Waals surface area contributed by atoms with E-state index in [1.54, 1.807) is 25.7 Å². The Balaban J connectivity index is 2.27. The minimum atomic E-state index is -1.20. The Labute approximate surface area is 160 Å². The van der Waals surface area contributed by atoms with Gasteiger partial charge in [0.15, 0.2) is 0 Å². The van der Waals surface area contributed by atoms with Gasteiger partial charge < -0.3 is 20.5 Å². The molecule has 0 bridgehead atoms. The highest BCUT2D eigenvalue weighted by Gasteiger charge is 2.38. The van der Waals surface area contributed by atoms with Crippen LogP contribution < -0.4 is 10.6 Å². The lowest BCUT2D eigenvalue weighted by molar-refractivity contribution is -0.383. The molecule has 0 spiro atoms. The van der Waals surface area contributed by atoms with Gasteiger partial charge in [-0.2, -0.15) is 0 Å². The second-order valence-electron chi connectivity index (χ2n) is 7.09. The van der Waals surface area contributed by atoms with Crippen LogP contribution in [0.4, 0.5) is 21.9 Å². The van der Waals surface area contributed by atoms with Crippen LogP contribution >= 0.6 is 11.6 Å². The van der Waals surface area contributed by atoms with Gasteiger partial charge in [0.1, 0.15) is 17.3 Å². The SMILES string of the molecule is CC(C)(C)OC(=O)N1CCN(c2cc(N)c([N+](=O)[O-])cc2Cl)CC1C(=O)O. The number of carbonyl (C=O) groups is 2. The molecule has 11 heteroatoms. The van der Waals surface area contributed by atoms with Gasteiger partial charge in [0.05, 0.1) is 15.6 Å². The molecule has 0 radical (unpaired) electrons. The van der Waals surface area contributed by atoms with Crippen LogP contribution in [0.15, 0.2) is 12.1 Å². The number of anilines is 2. The van der Waals surface area contributed by atoms with Crippen LogP contribution in [0.3, 0.4) is 0 Å². The molecule has 2 rings (SSSR count). The van der Waals surface area contributed by atoms with Crippen molar-refractivity contribution in [3.63, 3.8) is 0 Å². The van der Waals surface area contributed by atoms with Crippen LogP contribution in [-0.2, 0) is 9.53 Å². The third kappa shape index (κ3) is 4.70. The van der Waals surface area contributed by atoms with Crippen LogP contribution in [0.25, 0.3) is 0 Å². The number of halogens is 1. The van der Waals surface area contributed by atoms with E-state index in [0.717, 1.165) is 11.0 Å². The summed E-state index contributed by atoms with van der Waals surface area (Å²) < 4.78 is 5.27. The van der Waals surface area contributed by atoms with E-state index in [-0.39, 0.29) is 36.0 Å². The quantitative estimate of drug-likeness (QED) is 0.447. The predicted molar refractivity (Wildman–Crippen MR) is 99.1 cm³/mol. The van der Waals surface area contributed by atoms with Crippen molar-refractivity contribution < 1.29 is 24.4 Å². The van der Waals surface area contributed by atoms with Crippen molar-refractivity contribution in [2.24, 2.45) is 0 Å². The van der Waals surface area contributed by atoms with Crippen molar-refractivity contribution in [3.05, 3.63) is 27.3 Å². The van der Waals surface area contributed by atoms with E-state index < -0.39 is 28.6 Å². The molecule has 1 amide bonds. The number of aliphatic carboxylic acids is 1. The Hall–Kier alpha value is -2.75. The monoisotopic (exact) mass is 400 g/mol. The van der Waals surface area contributed by atoms with E-state index in [2.05, 4.69) is 0 Å². The lowest BCUT2D eigenvalue weighted by atomic mass is 10.1. The lowest BCUT2D eigenvalue weighted by Crippen LogP contribution is -2.59. The molecule has 1 saturated heterocycles. The number of nitrogen functional groups attached to an aromatic ring is 1. The van der Waals surface area contributed by atoms with Crippen molar-refractivity contribution in [1.82, 2.24) is 4.90 Å². The maximum atomic E-state index is 12.3. The number of benzene rings is 1. The Morgan fingerprint density at radius 3 is 2.52 bits per heavy atom. The highest BCUT2D eigenvalue weighted by molar-refractivity contribution is 6.33. The molecule has 10 nitrogen and oxygen atoms in total. The van der Waals surface area contributed by atoms with Crippen LogP contribution in [0, 0.1) is 10.1 Å². The summed E-state index contributed by atoms with van der Waals surface area (Å²) in [6, 6.07) is 1.30. The molecule has 0 saturated carbocycles. The third-order valence-electron chi connectivity index (χ3n) is 3.93. The van der Waals surface area contributed by atoms with Gasteiger partial charge >= 0.3 is 12.1 Å². The zero-order chi connectivity index (χ0) is 20.5. The summed E-state index contributed by atoms with van der Waals surface area (Å²) in [5, 5.41) is 20.6. The van der Waals surface area contributed by atoms with Crippen LogP contribution in [0.5, 0.6) is 0 Å². The van der Waals surface area contributed by atoms with Crippen molar-refractivity contribution >= 4 is 40.7 Å². The average molecular weight is 401 g/mol. The summed E-state index contributed by atoms with van der Waals surface area (Å²) in [5.41, 5.74) is 4.91. The average Bonchev–Trinajstić information content (AvgIpc) is 2.54. The highest BCUT2D eigenvalue weighted by Crippen LogP contribution is 2.35. The first-order valence-corrected chi connectivity index (χ1v) is 8.49. The van der Waals surface area contributed by atoms with E-state index in [1.807, 2.05) is 0 Å². The summed E-state index contributed by atoms with van der Waals surface area (Å²) in [4.78, 5) is 37.1. The number of hydrogen-bond acceptors (Lipinski definition) is 7. The first kappa shape index (κ1) is 20.6. The van der Waals surface area contributed by atoms with Gasteiger partial charge in [0, 0.05) is 25.7 Å². The van der Waals surface area contributed by atoms with E-state index in [9.17, 15) is 24.8 Å². The number of piperazine rings is 1.